The third-order valence-corrected chi connectivity index (χ3v) is 5.41. The zero-order valence-corrected chi connectivity index (χ0v) is 20.5. The van der Waals surface area contributed by atoms with Crippen LogP contribution in [0.3, 0.4) is 0 Å². The molecule has 0 amide bonds. The van der Waals surface area contributed by atoms with E-state index in [4.69, 9.17) is 4.74 Å². The molecule has 3 nitrogen and oxygen atoms in total. The third-order valence-electron chi connectivity index (χ3n) is 5.41. The van der Waals surface area contributed by atoms with E-state index < -0.39 is 0 Å². The average Bonchev–Trinajstić information content (AvgIpc) is 2.68. The summed E-state index contributed by atoms with van der Waals surface area (Å²) >= 11 is 0. The van der Waals surface area contributed by atoms with Crippen molar-refractivity contribution in [2.45, 2.75) is 86.2 Å². The van der Waals surface area contributed by atoms with Gasteiger partial charge in [0.15, 0.2) is 11.6 Å². The van der Waals surface area contributed by atoms with Crippen molar-refractivity contribution in [2.24, 2.45) is 0 Å². The van der Waals surface area contributed by atoms with E-state index in [1.165, 1.54) is 34.4 Å². The lowest BCUT2D eigenvalue weighted by atomic mass is 9.94. The molecule has 0 aromatic carbocycles. The summed E-state index contributed by atoms with van der Waals surface area (Å²) in [6.45, 7) is 12.4. The maximum absolute atomic E-state index is 12.1. The van der Waals surface area contributed by atoms with Crippen molar-refractivity contribution in [1.82, 2.24) is 0 Å². The molecule has 1 unspecified atom stereocenters. The molecule has 0 saturated heterocycles. The first-order chi connectivity index (χ1) is 14.6. The summed E-state index contributed by atoms with van der Waals surface area (Å²) in [7, 11) is 1.77. The van der Waals surface area contributed by atoms with E-state index in [9.17, 15) is 9.59 Å². The fourth-order valence-electron chi connectivity index (χ4n) is 3.50. The van der Waals surface area contributed by atoms with Crippen LogP contribution in [0.15, 0.2) is 69.9 Å². The van der Waals surface area contributed by atoms with Crippen molar-refractivity contribution in [3.05, 3.63) is 69.9 Å². The second-order valence-electron chi connectivity index (χ2n) is 8.88. The number of methoxy groups -OCH3 is 1. The predicted octanol–water partition coefficient (Wildman–Crippen LogP) is 7.17. The molecule has 31 heavy (non-hydrogen) atoms. The van der Waals surface area contributed by atoms with Gasteiger partial charge in [-0.1, -0.05) is 46.6 Å². The lowest BCUT2D eigenvalue weighted by molar-refractivity contribution is -0.115. The summed E-state index contributed by atoms with van der Waals surface area (Å²) in [6.07, 6.45) is 17.3. The third kappa shape index (κ3) is 11.1. The highest BCUT2D eigenvalue weighted by atomic mass is 16.5. The van der Waals surface area contributed by atoms with Crippen LogP contribution in [0.4, 0.5) is 0 Å². The quantitative estimate of drug-likeness (QED) is 0.246. The lowest BCUT2D eigenvalue weighted by Crippen LogP contribution is -2.12. The summed E-state index contributed by atoms with van der Waals surface area (Å²) in [4.78, 5) is 23.8. The molecule has 170 valence electrons. The zero-order valence-electron chi connectivity index (χ0n) is 20.5. The van der Waals surface area contributed by atoms with Crippen LogP contribution in [-0.2, 0) is 14.3 Å². The van der Waals surface area contributed by atoms with Gasteiger partial charge in [0.25, 0.3) is 0 Å². The molecular weight excluding hydrogens is 384 g/mol. The lowest BCUT2D eigenvalue weighted by Gasteiger charge is -2.13. The first kappa shape index (κ1) is 26.8. The van der Waals surface area contributed by atoms with Crippen LogP contribution in [0.25, 0.3) is 0 Å². The Kier molecular flexibility index (Phi) is 12.0. The molecule has 0 heterocycles. The molecule has 0 fully saturated rings. The van der Waals surface area contributed by atoms with Gasteiger partial charge in [-0.25, -0.2) is 0 Å². The molecule has 0 aromatic rings. The summed E-state index contributed by atoms with van der Waals surface area (Å²) in [5.74, 6) is -0.111. The van der Waals surface area contributed by atoms with Crippen molar-refractivity contribution < 1.29 is 14.3 Å². The molecule has 0 radical (unpaired) electrons. The van der Waals surface area contributed by atoms with Crippen molar-refractivity contribution >= 4 is 11.6 Å². The van der Waals surface area contributed by atoms with E-state index in [1.54, 1.807) is 14.0 Å². The first-order valence-electron chi connectivity index (χ1n) is 11.2. The molecule has 1 rings (SSSR count). The fraction of sp³-hybridized carbons (Fsp3) is 0.500. The second-order valence-corrected chi connectivity index (χ2v) is 8.88. The molecule has 0 spiro atoms. The molecule has 1 aliphatic rings. The van der Waals surface area contributed by atoms with E-state index in [-0.39, 0.29) is 17.7 Å². The summed E-state index contributed by atoms with van der Waals surface area (Å²) in [5, 5.41) is 0. The number of carbonyl (C=O) groups is 2. The molecule has 0 N–H and O–H groups in total. The predicted molar refractivity (Wildman–Crippen MR) is 131 cm³/mol. The Bertz CT molecular complexity index is 824. The molecule has 1 aliphatic carbocycles. The van der Waals surface area contributed by atoms with Gasteiger partial charge in [0, 0.05) is 18.3 Å². The number of ether oxygens (including phenoxy) is 1. The van der Waals surface area contributed by atoms with E-state index in [0.29, 0.717) is 17.6 Å². The van der Waals surface area contributed by atoms with Crippen LogP contribution in [0, 0.1) is 0 Å². The smallest absolute Gasteiger partial charge is 0.185 e. The van der Waals surface area contributed by atoms with Crippen molar-refractivity contribution in [2.75, 3.05) is 7.11 Å². The van der Waals surface area contributed by atoms with Gasteiger partial charge in [-0.3, -0.25) is 9.59 Å². The SMILES string of the molecule is COC(C=C(C)CCC=C(C)C)CC(C)=CCCC(C)=CCC1=CC(=O)C=C(C)C1=O. The summed E-state index contributed by atoms with van der Waals surface area (Å²) < 4.78 is 5.67. The van der Waals surface area contributed by atoms with Crippen LogP contribution in [0.1, 0.15) is 80.1 Å². The van der Waals surface area contributed by atoms with Crippen molar-refractivity contribution in [3.63, 3.8) is 0 Å². The first-order valence-corrected chi connectivity index (χ1v) is 11.2. The van der Waals surface area contributed by atoms with Crippen LogP contribution < -0.4 is 0 Å². The fourth-order valence-corrected chi connectivity index (χ4v) is 3.50. The Morgan fingerprint density at radius 3 is 2.19 bits per heavy atom. The standard InChI is InChI=1S/C28H40O3/c1-20(2)10-8-12-22(4)16-27(31-7)17-23(5)13-9-11-21(3)14-15-25-19-26(29)18-24(6)28(25)30/h10,13-14,16,18-19,27H,8-9,11-12,15,17H2,1-7H3. The van der Waals surface area contributed by atoms with E-state index in [2.05, 4.69) is 58.9 Å². The molecule has 3 heteroatoms. The van der Waals surface area contributed by atoms with Gasteiger partial charge in [0.1, 0.15) is 0 Å². The average molecular weight is 425 g/mol. The highest BCUT2D eigenvalue weighted by Crippen LogP contribution is 2.19. The van der Waals surface area contributed by atoms with Crippen LogP contribution in [0.2, 0.25) is 0 Å². The molecular formula is C28H40O3. The monoisotopic (exact) mass is 424 g/mol. The highest BCUT2D eigenvalue weighted by molar-refractivity contribution is 6.20. The Morgan fingerprint density at radius 1 is 0.903 bits per heavy atom. The van der Waals surface area contributed by atoms with Gasteiger partial charge in [-0.2, -0.15) is 0 Å². The topological polar surface area (TPSA) is 43.4 Å². The Morgan fingerprint density at radius 2 is 1.55 bits per heavy atom. The molecule has 0 bridgehead atoms. The molecule has 0 aliphatic heterocycles. The number of rotatable bonds is 12. The molecule has 0 aromatic heterocycles. The van der Waals surface area contributed by atoms with Gasteiger partial charge in [0.2, 0.25) is 0 Å². The van der Waals surface area contributed by atoms with Gasteiger partial charge in [-0.15, -0.1) is 0 Å². The number of Topliss-reactive ketones (excluding diaryl/α,β-unsaturated/α-hetero) is 1. The zero-order chi connectivity index (χ0) is 23.4. The van der Waals surface area contributed by atoms with Crippen molar-refractivity contribution in [3.8, 4) is 0 Å². The number of hydrogen-bond acceptors (Lipinski definition) is 3. The Labute approximate surface area is 189 Å². The second kappa shape index (κ2) is 13.9. The maximum atomic E-state index is 12.1. The van der Waals surface area contributed by atoms with E-state index in [0.717, 1.165) is 32.1 Å². The minimum absolute atomic E-state index is 0.0193. The number of allylic oxidation sites excluding steroid dienone is 10. The normalized spacial score (nSPS) is 16.8. The highest BCUT2D eigenvalue weighted by Gasteiger charge is 2.17. The van der Waals surface area contributed by atoms with E-state index >= 15 is 0 Å². The van der Waals surface area contributed by atoms with Gasteiger partial charge < -0.3 is 4.74 Å². The van der Waals surface area contributed by atoms with Crippen molar-refractivity contribution in [1.29, 1.82) is 0 Å². The Balaban J connectivity index is 2.51. The van der Waals surface area contributed by atoms with Crippen LogP contribution >= 0.6 is 0 Å². The van der Waals surface area contributed by atoms with Gasteiger partial charge >= 0.3 is 0 Å². The minimum Gasteiger partial charge on any atom is -0.377 e. The van der Waals surface area contributed by atoms with Crippen LogP contribution in [-0.4, -0.2) is 24.8 Å². The number of carbonyl (C=O) groups excluding carboxylic acids is 2. The maximum Gasteiger partial charge on any atom is 0.185 e. The number of hydrogen-bond donors (Lipinski definition) is 0. The largest absolute Gasteiger partial charge is 0.377 e. The van der Waals surface area contributed by atoms with Gasteiger partial charge in [-0.05, 0) is 92.2 Å². The van der Waals surface area contributed by atoms with E-state index in [1.807, 2.05) is 0 Å². The molecule has 1 atom stereocenters. The minimum atomic E-state index is -0.0920. The number of ketones is 2. The Hall–Kier alpha value is -2.26. The summed E-state index contributed by atoms with van der Waals surface area (Å²) in [6, 6.07) is 0. The van der Waals surface area contributed by atoms with Crippen LogP contribution in [0.5, 0.6) is 0 Å². The summed E-state index contributed by atoms with van der Waals surface area (Å²) in [5.41, 5.74) is 6.40. The van der Waals surface area contributed by atoms with Gasteiger partial charge in [0.05, 0.1) is 6.10 Å². The molecule has 0 saturated carbocycles.